The molecule has 0 saturated carbocycles. The molecule has 11 heteroatoms. The second-order valence-electron chi connectivity index (χ2n) is 7.99. The van der Waals surface area contributed by atoms with E-state index in [0.717, 1.165) is 51.4 Å². The van der Waals surface area contributed by atoms with Crippen molar-refractivity contribution < 1.29 is 38.0 Å². The molecule has 0 rings (SSSR count). The van der Waals surface area contributed by atoms with Crippen LogP contribution in [0.2, 0.25) is 0 Å². The van der Waals surface area contributed by atoms with Crippen LogP contribution in [0.1, 0.15) is 117 Å². The molecule has 0 aliphatic rings. The van der Waals surface area contributed by atoms with Gasteiger partial charge in [-0.25, -0.2) is 0 Å². The van der Waals surface area contributed by atoms with Crippen molar-refractivity contribution in [1.29, 1.82) is 0 Å². The molecular formula is C20H38F4O5S2. The van der Waals surface area contributed by atoms with Crippen LogP contribution in [0.5, 0.6) is 0 Å². The van der Waals surface area contributed by atoms with Gasteiger partial charge in [0, 0.05) is 12.8 Å². The van der Waals surface area contributed by atoms with Crippen molar-refractivity contribution in [1.82, 2.24) is 0 Å². The summed E-state index contributed by atoms with van der Waals surface area (Å²) in [7, 11) is -12.1. The Morgan fingerprint density at radius 1 is 0.516 bits per heavy atom. The molecular weight excluding hydrogens is 460 g/mol. The second-order valence-corrected chi connectivity index (χ2v) is 11.5. The summed E-state index contributed by atoms with van der Waals surface area (Å²) in [6, 6.07) is 0. The standard InChI is InChI=1S/C20H38F4O5S2/c1-3-5-7-9-11-13-15-17-19(21,22)30(25,26)29-31(27,28)20(23,24)18-16-14-12-10-8-6-4-2/h3-18H2,1-2H3. The van der Waals surface area contributed by atoms with Gasteiger partial charge in [0.15, 0.2) is 0 Å². The van der Waals surface area contributed by atoms with E-state index in [4.69, 9.17) is 0 Å². The molecule has 0 spiro atoms. The zero-order valence-electron chi connectivity index (χ0n) is 18.7. The fraction of sp³-hybridized carbons (Fsp3) is 1.00. The van der Waals surface area contributed by atoms with Crippen LogP contribution in [-0.4, -0.2) is 27.3 Å². The van der Waals surface area contributed by atoms with Gasteiger partial charge in [-0.2, -0.15) is 34.4 Å². The fourth-order valence-corrected chi connectivity index (χ4v) is 5.57. The van der Waals surface area contributed by atoms with E-state index in [1.807, 2.05) is 13.8 Å². The average Bonchev–Trinajstić information content (AvgIpc) is 2.65. The van der Waals surface area contributed by atoms with Crippen molar-refractivity contribution >= 4 is 20.2 Å². The molecule has 0 atom stereocenters. The first-order valence-corrected chi connectivity index (χ1v) is 14.1. The van der Waals surface area contributed by atoms with E-state index < -0.39 is 43.6 Å². The molecule has 0 fully saturated rings. The first kappa shape index (κ1) is 30.6. The molecule has 0 saturated heterocycles. The lowest BCUT2D eigenvalue weighted by Gasteiger charge is -2.20. The number of rotatable bonds is 20. The second kappa shape index (κ2) is 14.7. The molecule has 0 amide bonds. The van der Waals surface area contributed by atoms with Gasteiger partial charge < -0.3 is 0 Å². The number of hydrogen-bond donors (Lipinski definition) is 0. The minimum absolute atomic E-state index is 0.184. The van der Waals surface area contributed by atoms with E-state index in [0.29, 0.717) is 25.7 Å². The first-order valence-electron chi connectivity index (χ1n) is 11.3. The summed E-state index contributed by atoms with van der Waals surface area (Å²) in [6.07, 6.45) is 6.80. The SMILES string of the molecule is CCCCCCCCCC(F)(F)S(=O)(=O)OS(=O)(=O)C(F)(F)CCCCCCCCC. The van der Waals surface area contributed by atoms with Gasteiger partial charge in [0.05, 0.1) is 0 Å². The number of alkyl halides is 4. The molecule has 0 aromatic rings. The van der Waals surface area contributed by atoms with Crippen LogP contribution in [0.3, 0.4) is 0 Å². The van der Waals surface area contributed by atoms with E-state index in [-0.39, 0.29) is 12.8 Å². The van der Waals surface area contributed by atoms with Gasteiger partial charge in [-0.15, -0.1) is 3.63 Å². The van der Waals surface area contributed by atoms with Crippen LogP contribution < -0.4 is 0 Å². The van der Waals surface area contributed by atoms with Gasteiger partial charge in [0.2, 0.25) is 0 Å². The summed E-state index contributed by atoms with van der Waals surface area (Å²) >= 11 is 0. The smallest absolute Gasteiger partial charge is 0.192 e. The van der Waals surface area contributed by atoms with E-state index in [1.165, 1.54) is 0 Å². The monoisotopic (exact) mass is 498 g/mol. The zero-order valence-corrected chi connectivity index (χ0v) is 20.3. The lowest BCUT2D eigenvalue weighted by molar-refractivity contribution is 0.0583. The van der Waals surface area contributed by atoms with Gasteiger partial charge in [0.25, 0.3) is 0 Å². The van der Waals surface area contributed by atoms with Crippen LogP contribution in [0, 0.1) is 0 Å². The van der Waals surface area contributed by atoms with E-state index in [2.05, 4.69) is 3.63 Å². The number of halogens is 4. The Morgan fingerprint density at radius 2 is 0.774 bits per heavy atom. The summed E-state index contributed by atoms with van der Waals surface area (Å²) < 4.78 is 106. The van der Waals surface area contributed by atoms with Gasteiger partial charge in [-0.1, -0.05) is 90.9 Å². The highest BCUT2D eigenvalue weighted by Gasteiger charge is 2.54. The first-order chi connectivity index (χ1) is 14.3. The molecule has 5 nitrogen and oxygen atoms in total. The Kier molecular flexibility index (Phi) is 14.5. The summed E-state index contributed by atoms with van der Waals surface area (Å²) in [5.74, 6) is 0. The maximum atomic E-state index is 14.0. The zero-order chi connectivity index (χ0) is 24.0. The van der Waals surface area contributed by atoms with Crippen LogP contribution >= 0.6 is 0 Å². The predicted molar refractivity (Wildman–Crippen MR) is 114 cm³/mol. The topological polar surface area (TPSA) is 77.5 Å². The molecule has 0 unspecified atom stereocenters. The van der Waals surface area contributed by atoms with Crippen LogP contribution in [0.15, 0.2) is 0 Å². The summed E-state index contributed by atoms with van der Waals surface area (Å²) in [5, 5.41) is -9.11. The predicted octanol–water partition coefficient (Wildman–Crippen LogP) is 7.13. The minimum atomic E-state index is -6.05. The molecule has 0 N–H and O–H groups in total. The largest absolute Gasteiger partial charge is 0.371 e. The third-order valence-corrected chi connectivity index (χ3v) is 8.36. The van der Waals surface area contributed by atoms with Crippen molar-refractivity contribution in [2.75, 3.05) is 0 Å². The Balaban J connectivity index is 4.63. The van der Waals surface area contributed by atoms with Crippen molar-refractivity contribution in [2.45, 2.75) is 127 Å². The summed E-state index contributed by atoms with van der Waals surface area (Å²) in [4.78, 5) is 0. The number of hydrogen-bond acceptors (Lipinski definition) is 5. The third kappa shape index (κ3) is 11.8. The summed E-state index contributed by atoms with van der Waals surface area (Å²) in [5.41, 5.74) is 0. The molecule has 0 aromatic heterocycles. The van der Waals surface area contributed by atoms with E-state index in [1.54, 1.807) is 0 Å². The van der Waals surface area contributed by atoms with Crippen molar-refractivity contribution in [2.24, 2.45) is 0 Å². The Labute approximate surface area is 185 Å². The van der Waals surface area contributed by atoms with Gasteiger partial charge in [0.1, 0.15) is 0 Å². The van der Waals surface area contributed by atoms with Gasteiger partial charge in [-0.3, -0.25) is 0 Å². The number of unbranched alkanes of at least 4 members (excludes halogenated alkanes) is 12. The molecule has 0 radical (unpaired) electrons. The quantitative estimate of drug-likeness (QED) is 0.132. The van der Waals surface area contributed by atoms with Crippen molar-refractivity contribution in [3.63, 3.8) is 0 Å². The third-order valence-electron chi connectivity index (χ3n) is 5.05. The van der Waals surface area contributed by atoms with Gasteiger partial charge in [-0.05, 0) is 12.8 Å². The van der Waals surface area contributed by atoms with Crippen LogP contribution in [0.4, 0.5) is 17.6 Å². The van der Waals surface area contributed by atoms with E-state index >= 15 is 0 Å². The lowest BCUT2D eigenvalue weighted by atomic mass is 10.1. The minimum Gasteiger partial charge on any atom is -0.192 e. The molecule has 31 heavy (non-hydrogen) atoms. The average molecular weight is 499 g/mol. The lowest BCUT2D eigenvalue weighted by Crippen LogP contribution is -2.38. The molecule has 0 heterocycles. The maximum absolute atomic E-state index is 14.0. The van der Waals surface area contributed by atoms with Crippen LogP contribution in [-0.2, 0) is 23.9 Å². The maximum Gasteiger partial charge on any atom is 0.371 e. The highest BCUT2D eigenvalue weighted by molar-refractivity contribution is 8.00. The Hall–Kier alpha value is -0.420. The molecule has 0 aliphatic heterocycles. The van der Waals surface area contributed by atoms with Crippen molar-refractivity contribution in [3.8, 4) is 0 Å². The highest BCUT2D eigenvalue weighted by Crippen LogP contribution is 2.36. The fourth-order valence-electron chi connectivity index (χ4n) is 3.04. The molecule has 0 aliphatic carbocycles. The Bertz CT molecular complexity index is 622. The van der Waals surface area contributed by atoms with Crippen LogP contribution in [0.25, 0.3) is 0 Å². The van der Waals surface area contributed by atoms with E-state index in [9.17, 15) is 34.4 Å². The molecule has 188 valence electrons. The molecule has 0 bridgehead atoms. The normalized spacial score (nSPS) is 13.6. The van der Waals surface area contributed by atoms with Crippen molar-refractivity contribution in [3.05, 3.63) is 0 Å². The highest BCUT2D eigenvalue weighted by atomic mass is 32.3. The summed E-state index contributed by atoms with van der Waals surface area (Å²) in [6.45, 7) is 4.05. The molecule has 0 aromatic carbocycles. The Morgan fingerprint density at radius 3 is 1.06 bits per heavy atom. The van der Waals surface area contributed by atoms with Gasteiger partial charge >= 0.3 is 30.7 Å².